The van der Waals surface area contributed by atoms with Crippen molar-refractivity contribution >= 4 is 5.97 Å². The SMILES string of the molecule is CCOC(=O)C1CCN(Cc2ccc(OC)c(OCC(O)CN3CCN(C)CC3)c2)CC1. The molecule has 2 saturated heterocycles. The summed E-state index contributed by atoms with van der Waals surface area (Å²) >= 11 is 0. The minimum Gasteiger partial charge on any atom is -0.493 e. The Morgan fingerprint density at radius 2 is 1.81 bits per heavy atom. The van der Waals surface area contributed by atoms with Crippen molar-refractivity contribution in [2.75, 3.05) is 73.2 Å². The molecule has 1 aromatic rings. The van der Waals surface area contributed by atoms with Gasteiger partial charge in [-0.05, 0) is 57.6 Å². The lowest BCUT2D eigenvalue weighted by Crippen LogP contribution is -2.47. The van der Waals surface area contributed by atoms with E-state index in [9.17, 15) is 9.90 Å². The minimum absolute atomic E-state index is 0.0164. The van der Waals surface area contributed by atoms with Crippen molar-refractivity contribution in [3.8, 4) is 11.5 Å². The Hall–Kier alpha value is -1.87. The molecule has 0 aliphatic carbocycles. The van der Waals surface area contributed by atoms with Gasteiger partial charge in [0, 0.05) is 39.3 Å². The van der Waals surface area contributed by atoms with Gasteiger partial charge in [-0.25, -0.2) is 0 Å². The molecule has 32 heavy (non-hydrogen) atoms. The average molecular weight is 450 g/mol. The largest absolute Gasteiger partial charge is 0.493 e. The van der Waals surface area contributed by atoms with Crippen molar-refractivity contribution in [3.63, 3.8) is 0 Å². The topological polar surface area (TPSA) is 74.7 Å². The van der Waals surface area contributed by atoms with Crippen LogP contribution in [0.3, 0.4) is 0 Å². The first-order valence-corrected chi connectivity index (χ1v) is 11.8. The number of benzene rings is 1. The average Bonchev–Trinajstić information content (AvgIpc) is 2.80. The molecule has 2 aliphatic heterocycles. The van der Waals surface area contributed by atoms with Gasteiger partial charge in [0.05, 0.1) is 19.6 Å². The highest BCUT2D eigenvalue weighted by atomic mass is 16.5. The van der Waals surface area contributed by atoms with Gasteiger partial charge in [-0.2, -0.15) is 0 Å². The normalized spacial score (nSPS) is 20.1. The lowest BCUT2D eigenvalue weighted by molar-refractivity contribution is -0.149. The molecule has 0 saturated carbocycles. The molecule has 8 nitrogen and oxygen atoms in total. The van der Waals surface area contributed by atoms with Crippen LogP contribution in [-0.2, 0) is 16.1 Å². The van der Waals surface area contributed by atoms with Gasteiger partial charge >= 0.3 is 5.97 Å². The molecule has 180 valence electrons. The highest BCUT2D eigenvalue weighted by Crippen LogP contribution is 2.29. The van der Waals surface area contributed by atoms with Crippen LogP contribution >= 0.6 is 0 Å². The molecular formula is C24H39N3O5. The molecule has 2 fully saturated rings. The zero-order valence-corrected chi connectivity index (χ0v) is 19.8. The van der Waals surface area contributed by atoms with E-state index in [0.717, 1.165) is 64.2 Å². The Bertz CT molecular complexity index is 716. The van der Waals surface area contributed by atoms with E-state index < -0.39 is 6.10 Å². The first-order chi connectivity index (χ1) is 15.5. The van der Waals surface area contributed by atoms with E-state index in [-0.39, 0.29) is 18.5 Å². The first-order valence-electron chi connectivity index (χ1n) is 11.8. The van der Waals surface area contributed by atoms with Crippen molar-refractivity contribution in [2.45, 2.75) is 32.4 Å². The standard InChI is InChI=1S/C24H39N3O5/c1-4-31-24(29)20-7-9-26(10-8-20)16-19-5-6-22(30-3)23(15-19)32-18-21(28)17-27-13-11-25(2)12-14-27/h5-6,15,20-21,28H,4,7-14,16-18H2,1-3H3. The maximum absolute atomic E-state index is 11.9. The van der Waals surface area contributed by atoms with Crippen LogP contribution in [0.4, 0.5) is 0 Å². The zero-order chi connectivity index (χ0) is 22.9. The number of rotatable bonds is 10. The summed E-state index contributed by atoms with van der Waals surface area (Å²) in [5.74, 6) is 1.27. The fourth-order valence-corrected chi connectivity index (χ4v) is 4.34. The van der Waals surface area contributed by atoms with Crippen LogP contribution in [-0.4, -0.2) is 105 Å². The molecule has 1 atom stereocenters. The first kappa shape index (κ1) is 24.8. The molecular weight excluding hydrogens is 410 g/mol. The van der Waals surface area contributed by atoms with Gasteiger partial charge in [-0.1, -0.05) is 6.07 Å². The summed E-state index contributed by atoms with van der Waals surface area (Å²) in [7, 11) is 3.75. The van der Waals surface area contributed by atoms with E-state index in [1.54, 1.807) is 7.11 Å². The number of ether oxygens (including phenoxy) is 3. The Morgan fingerprint density at radius 1 is 1.09 bits per heavy atom. The maximum atomic E-state index is 11.9. The van der Waals surface area contributed by atoms with Gasteiger partial charge in [0.15, 0.2) is 11.5 Å². The number of esters is 1. The second kappa shape index (κ2) is 12.4. The van der Waals surface area contributed by atoms with Gasteiger partial charge in [0.1, 0.15) is 12.7 Å². The number of methoxy groups -OCH3 is 1. The van der Waals surface area contributed by atoms with Crippen molar-refractivity contribution in [1.82, 2.24) is 14.7 Å². The molecule has 2 heterocycles. The second-order valence-electron chi connectivity index (χ2n) is 8.86. The minimum atomic E-state index is -0.548. The fraction of sp³-hybridized carbons (Fsp3) is 0.708. The summed E-state index contributed by atoms with van der Waals surface area (Å²) in [5.41, 5.74) is 1.13. The number of β-amino-alcohol motifs (C(OH)–C–C–N with tert-alkyl or cyclic N) is 1. The number of hydrogen-bond donors (Lipinski definition) is 1. The highest BCUT2D eigenvalue weighted by Gasteiger charge is 2.26. The maximum Gasteiger partial charge on any atom is 0.309 e. The van der Waals surface area contributed by atoms with E-state index >= 15 is 0 Å². The zero-order valence-electron chi connectivity index (χ0n) is 19.8. The predicted molar refractivity (Wildman–Crippen MR) is 123 cm³/mol. The van der Waals surface area contributed by atoms with Gasteiger partial charge in [0.25, 0.3) is 0 Å². The molecule has 3 rings (SSSR count). The third-order valence-corrected chi connectivity index (χ3v) is 6.34. The summed E-state index contributed by atoms with van der Waals surface area (Å²) in [4.78, 5) is 18.9. The van der Waals surface area contributed by atoms with Crippen molar-refractivity contribution < 1.29 is 24.1 Å². The van der Waals surface area contributed by atoms with Crippen LogP contribution in [0.25, 0.3) is 0 Å². The molecule has 1 aromatic carbocycles. The van der Waals surface area contributed by atoms with Gasteiger partial charge in [-0.3, -0.25) is 14.6 Å². The molecule has 0 spiro atoms. The highest BCUT2D eigenvalue weighted by molar-refractivity contribution is 5.72. The van der Waals surface area contributed by atoms with Crippen LogP contribution in [0, 0.1) is 5.92 Å². The van der Waals surface area contributed by atoms with Crippen molar-refractivity contribution in [1.29, 1.82) is 0 Å². The quantitative estimate of drug-likeness (QED) is 0.538. The summed E-state index contributed by atoms with van der Waals surface area (Å²) in [5, 5.41) is 10.5. The van der Waals surface area contributed by atoms with Crippen LogP contribution in [0.15, 0.2) is 18.2 Å². The Morgan fingerprint density at radius 3 is 2.47 bits per heavy atom. The Balaban J connectivity index is 1.49. The lowest BCUT2D eigenvalue weighted by atomic mass is 9.96. The number of piperidine rings is 1. The summed E-state index contributed by atoms with van der Waals surface area (Å²) in [6.07, 6.45) is 1.11. The molecule has 2 aliphatic rings. The second-order valence-corrected chi connectivity index (χ2v) is 8.86. The monoisotopic (exact) mass is 449 g/mol. The van der Waals surface area contributed by atoms with Crippen LogP contribution < -0.4 is 9.47 Å². The third kappa shape index (κ3) is 7.33. The molecule has 0 aromatic heterocycles. The number of carbonyl (C=O) groups is 1. The third-order valence-electron chi connectivity index (χ3n) is 6.34. The van der Waals surface area contributed by atoms with Gasteiger partial charge in [-0.15, -0.1) is 0 Å². The number of likely N-dealkylation sites (N-methyl/N-ethyl adjacent to an activating group) is 1. The Kier molecular flexibility index (Phi) is 9.59. The van der Waals surface area contributed by atoms with Crippen molar-refractivity contribution in [3.05, 3.63) is 23.8 Å². The number of nitrogens with zero attached hydrogens (tertiary/aromatic N) is 3. The van der Waals surface area contributed by atoms with Gasteiger partial charge in [0.2, 0.25) is 0 Å². The van der Waals surface area contributed by atoms with E-state index in [0.29, 0.717) is 24.7 Å². The number of carbonyl (C=O) groups excluding carboxylic acids is 1. The fourth-order valence-electron chi connectivity index (χ4n) is 4.34. The number of aliphatic hydroxyl groups excluding tert-OH is 1. The van der Waals surface area contributed by atoms with E-state index in [1.807, 2.05) is 25.1 Å². The number of piperazine rings is 1. The van der Waals surface area contributed by atoms with Crippen LogP contribution in [0.1, 0.15) is 25.3 Å². The molecule has 0 bridgehead atoms. The number of hydrogen-bond acceptors (Lipinski definition) is 8. The smallest absolute Gasteiger partial charge is 0.309 e. The lowest BCUT2D eigenvalue weighted by Gasteiger charge is -2.33. The molecule has 0 amide bonds. The Labute approximate surface area is 192 Å². The summed E-state index contributed by atoms with van der Waals surface area (Å²) < 4.78 is 16.6. The molecule has 8 heteroatoms. The summed E-state index contributed by atoms with van der Waals surface area (Å²) in [6, 6.07) is 5.96. The van der Waals surface area contributed by atoms with Crippen LogP contribution in [0.2, 0.25) is 0 Å². The van der Waals surface area contributed by atoms with Crippen molar-refractivity contribution in [2.24, 2.45) is 5.92 Å². The number of aliphatic hydroxyl groups is 1. The van der Waals surface area contributed by atoms with Gasteiger partial charge < -0.3 is 24.2 Å². The predicted octanol–water partition coefficient (Wildman–Crippen LogP) is 1.46. The van der Waals surface area contributed by atoms with E-state index in [1.165, 1.54) is 0 Å². The van der Waals surface area contributed by atoms with E-state index in [4.69, 9.17) is 14.2 Å². The van der Waals surface area contributed by atoms with Crippen LogP contribution in [0.5, 0.6) is 11.5 Å². The molecule has 1 unspecified atom stereocenters. The molecule has 1 N–H and O–H groups in total. The molecule has 0 radical (unpaired) electrons. The summed E-state index contributed by atoms with van der Waals surface area (Å²) in [6.45, 7) is 9.67. The van der Waals surface area contributed by atoms with E-state index in [2.05, 4.69) is 21.7 Å². The number of likely N-dealkylation sites (tertiary alicyclic amines) is 1.